The molecule has 1 N–H and O–H groups in total. The van der Waals surface area contributed by atoms with Crippen molar-refractivity contribution in [2.75, 3.05) is 50.9 Å². The van der Waals surface area contributed by atoms with Gasteiger partial charge in [0.05, 0.1) is 18.9 Å². The van der Waals surface area contributed by atoms with Crippen molar-refractivity contribution in [3.05, 3.63) is 24.3 Å². The highest BCUT2D eigenvalue weighted by atomic mass is 16.5. The van der Waals surface area contributed by atoms with E-state index in [-0.39, 0.29) is 0 Å². The number of hydrogen-bond acceptors (Lipinski definition) is 4. The molecule has 0 bridgehead atoms. The Morgan fingerprint density at radius 2 is 2.21 bits per heavy atom. The maximum absolute atomic E-state index is 5.76. The van der Waals surface area contributed by atoms with Crippen molar-refractivity contribution in [2.24, 2.45) is 0 Å². The van der Waals surface area contributed by atoms with E-state index in [0.29, 0.717) is 0 Å². The highest BCUT2D eigenvalue weighted by Gasteiger charge is 2.14. The Bertz CT molecular complexity index is 371. The number of nitrogens with zero attached hydrogens (tertiary/aromatic N) is 1. The van der Waals surface area contributed by atoms with Gasteiger partial charge in [0.1, 0.15) is 5.75 Å². The van der Waals surface area contributed by atoms with Crippen LogP contribution in [0.25, 0.3) is 0 Å². The lowest BCUT2D eigenvalue weighted by atomic mass is 10.2. The summed E-state index contributed by atoms with van der Waals surface area (Å²) < 4.78 is 11.1. The van der Waals surface area contributed by atoms with Crippen molar-refractivity contribution >= 4 is 5.69 Å². The first kappa shape index (κ1) is 14.2. The lowest BCUT2D eigenvalue weighted by Crippen LogP contribution is -2.33. The minimum absolute atomic E-state index is 0.788. The summed E-state index contributed by atoms with van der Waals surface area (Å²) >= 11 is 0. The van der Waals surface area contributed by atoms with Crippen molar-refractivity contribution in [3.8, 4) is 5.75 Å². The maximum atomic E-state index is 5.76. The molecule has 0 spiro atoms. The van der Waals surface area contributed by atoms with E-state index in [1.165, 1.54) is 5.69 Å². The third-order valence-electron chi connectivity index (χ3n) is 3.22. The highest BCUT2D eigenvalue weighted by Crippen LogP contribution is 2.29. The summed E-state index contributed by atoms with van der Waals surface area (Å²) in [6.07, 6.45) is 1.08. The van der Waals surface area contributed by atoms with E-state index in [1.807, 2.05) is 13.0 Å². The van der Waals surface area contributed by atoms with Crippen LogP contribution in [0.3, 0.4) is 0 Å². The fourth-order valence-electron chi connectivity index (χ4n) is 2.26. The van der Waals surface area contributed by atoms with Gasteiger partial charge in [-0.15, -0.1) is 0 Å². The molecule has 2 rings (SSSR count). The number of benzene rings is 1. The molecule has 0 aliphatic carbocycles. The summed E-state index contributed by atoms with van der Waals surface area (Å²) in [7, 11) is 0. The molecular weight excluding hydrogens is 240 g/mol. The van der Waals surface area contributed by atoms with Gasteiger partial charge in [-0.05, 0) is 25.5 Å². The Balaban J connectivity index is 1.79. The molecule has 0 fully saturated rings. The minimum Gasteiger partial charge on any atom is -0.491 e. The van der Waals surface area contributed by atoms with Crippen molar-refractivity contribution < 1.29 is 9.47 Å². The molecule has 4 nitrogen and oxygen atoms in total. The van der Waals surface area contributed by atoms with Gasteiger partial charge in [0, 0.05) is 32.8 Å². The zero-order chi connectivity index (χ0) is 13.3. The normalized spacial score (nSPS) is 14.7. The monoisotopic (exact) mass is 264 g/mol. The van der Waals surface area contributed by atoms with Gasteiger partial charge in [-0.2, -0.15) is 0 Å². The second-order valence-electron chi connectivity index (χ2n) is 4.60. The van der Waals surface area contributed by atoms with Crippen molar-refractivity contribution in [3.63, 3.8) is 0 Å². The van der Waals surface area contributed by atoms with Crippen molar-refractivity contribution in [1.29, 1.82) is 0 Å². The van der Waals surface area contributed by atoms with Gasteiger partial charge in [-0.1, -0.05) is 12.1 Å². The summed E-state index contributed by atoms with van der Waals surface area (Å²) in [4.78, 5) is 2.40. The third-order valence-corrected chi connectivity index (χ3v) is 3.22. The first-order valence-corrected chi connectivity index (χ1v) is 7.17. The number of rotatable bonds is 7. The first-order valence-electron chi connectivity index (χ1n) is 7.17. The Labute approximate surface area is 115 Å². The zero-order valence-electron chi connectivity index (χ0n) is 11.7. The fraction of sp³-hybridized carbons (Fsp3) is 0.600. The standard InChI is InChI=1S/C15H24N2O2/c1-2-18-13-9-16-8-11-17-10-5-12-19-15-7-4-3-6-14(15)17/h3-4,6-7,16H,2,5,8-13H2,1H3. The van der Waals surface area contributed by atoms with Crippen LogP contribution in [0.15, 0.2) is 24.3 Å². The first-order chi connectivity index (χ1) is 9.42. The lowest BCUT2D eigenvalue weighted by Gasteiger charge is -2.23. The highest BCUT2D eigenvalue weighted by molar-refractivity contribution is 5.58. The molecule has 106 valence electrons. The van der Waals surface area contributed by atoms with Gasteiger partial charge in [0.25, 0.3) is 0 Å². The molecule has 0 aromatic heterocycles. The molecule has 1 aliphatic heterocycles. The number of para-hydroxylation sites is 2. The largest absolute Gasteiger partial charge is 0.491 e. The fourth-order valence-corrected chi connectivity index (χ4v) is 2.26. The van der Waals surface area contributed by atoms with E-state index in [4.69, 9.17) is 9.47 Å². The van der Waals surface area contributed by atoms with Crippen LogP contribution in [-0.4, -0.2) is 46.0 Å². The number of ether oxygens (including phenoxy) is 2. The number of anilines is 1. The maximum Gasteiger partial charge on any atom is 0.142 e. The van der Waals surface area contributed by atoms with E-state index in [0.717, 1.165) is 58.2 Å². The average molecular weight is 264 g/mol. The number of nitrogens with one attached hydrogen (secondary N) is 1. The van der Waals surface area contributed by atoms with E-state index in [9.17, 15) is 0 Å². The summed E-state index contributed by atoms with van der Waals surface area (Å²) in [5, 5.41) is 3.41. The summed E-state index contributed by atoms with van der Waals surface area (Å²) in [5.41, 5.74) is 1.21. The molecule has 0 saturated heterocycles. The Kier molecular flexibility index (Phi) is 5.98. The quantitative estimate of drug-likeness (QED) is 0.763. The minimum atomic E-state index is 0.788. The third kappa shape index (κ3) is 4.40. The number of hydrogen-bond donors (Lipinski definition) is 1. The van der Waals surface area contributed by atoms with Gasteiger partial charge < -0.3 is 19.7 Å². The van der Waals surface area contributed by atoms with Gasteiger partial charge >= 0.3 is 0 Å². The molecule has 19 heavy (non-hydrogen) atoms. The topological polar surface area (TPSA) is 33.7 Å². The predicted molar refractivity (Wildman–Crippen MR) is 78.1 cm³/mol. The second-order valence-corrected chi connectivity index (χ2v) is 4.60. The molecule has 0 unspecified atom stereocenters. The van der Waals surface area contributed by atoms with Gasteiger partial charge in [0.2, 0.25) is 0 Å². The van der Waals surface area contributed by atoms with Crippen LogP contribution >= 0.6 is 0 Å². The van der Waals surface area contributed by atoms with Crippen LogP contribution in [0, 0.1) is 0 Å². The van der Waals surface area contributed by atoms with E-state index in [2.05, 4.69) is 28.4 Å². The molecule has 1 heterocycles. The van der Waals surface area contributed by atoms with Gasteiger partial charge in [0.15, 0.2) is 0 Å². The Morgan fingerprint density at radius 1 is 1.32 bits per heavy atom. The van der Waals surface area contributed by atoms with Crippen molar-refractivity contribution in [1.82, 2.24) is 5.32 Å². The molecule has 1 aromatic rings. The van der Waals surface area contributed by atoms with Crippen LogP contribution < -0.4 is 15.0 Å². The van der Waals surface area contributed by atoms with Gasteiger partial charge in [-0.3, -0.25) is 0 Å². The summed E-state index contributed by atoms with van der Waals surface area (Å²) in [5.74, 6) is 1.01. The zero-order valence-corrected chi connectivity index (χ0v) is 11.7. The van der Waals surface area contributed by atoms with Gasteiger partial charge in [-0.25, -0.2) is 0 Å². The van der Waals surface area contributed by atoms with Crippen LogP contribution in [0.2, 0.25) is 0 Å². The average Bonchev–Trinajstić information content (AvgIpc) is 2.65. The predicted octanol–water partition coefficient (Wildman–Crippen LogP) is 1.90. The molecule has 1 aliphatic rings. The SMILES string of the molecule is CCOCCNCCN1CCCOc2ccccc21. The van der Waals surface area contributed by atoms with E-state index in [1.54, 1.807) is 0 Å². The van der Waals surface area contributed by atoms with Crippen molar-refractivity contribution in [2.45, 2.75) is 13.3 Å². The van der Waals surface area contributed by atoms with Crippen LogP contribution in [0.5, 0.6) is 5.75 Å². The molecule has 1 aromatic carbocycles. The molecule has 0 radical (unpaired) electrons. The molecular formula is C15H24N2O2. The number of fused-ring (bicyclic) bond motifs is 1. The molecule has 0 atom stereocenters. The molecule has 4 heteroatoms. The lowest BCUT2D eigenvalue weighted by molar-refractivity contribution is 0.149. The summed E-state index contributed by atoms with van der Waals surface area (Å²) in [6, 6.07) is 8.29. The van der Waals surface area contributed by atoms with E-state index >= 15 is 0 Å². The van der Waals surface area contributed by atoms with Crippen LogP contribution in [0.4, 0.5) is 5.69 Å². The van der Waals surface area contributed by atoms with E-state index < -0.39 is 0 Å². The Morgan fingerprint density at radius 3 is 3.11 bits per heavy atom. The molecule has 0 saturated carbocycles. The van der Waals surface area contributed by atoms with Crippen LogP contribution in [0.1, 0.15) is 13.3 Å². The summed E-state index contributed by atoms with van der Waals surface area (Å²) in [6.45, 7) is 8.37. The van der Waals surface area contributed by atoms with Crippen LogP contribution in [-0.2, 0) is 4.74 Å². The molecule has 0 amide bonds. The Hall–Kier alpha value is -1.26. The second kappa shape index (κ2) is 8.02. The smallest absolute Gasteiger partial charge is 0.142 e.